The van der Waals surface area contributed by atoms with Crippen molar-refractivity contribution in [3.05, 3.63) is 29.8 Å². The van der Waals surface area contributed by atoms with Gasteiger partial charge in [0.1, 0.15) is 6.04 Å². The fourth-order valence-corrected chi connectivity index (χ4v) is 1.80. The summed E-state index contributed by atoms with van der Waals surface area (Å²) in [6.45, 7) is 7.10. The summed E-state index contributed by atoms with van der Waals surface area (Å²) in [5.74, 6) is -0.674. The van der Waals surface area contributed by atoms with E-state index >= 15 is 0 Å². The summed E-state index contributed by atoms with van der Waals surface area (Å²) >= 11 is 0. The molecule has 7 nitrogen and oxygen atoms in total. The third kappa shape index (κ3) is 6.37. The first-order valence-corrected chi connectivity index (χ1v) is 7.34. The Morgan fingerprint density at radius 3 is 2.35 bits per heavy atom. The lowest BCUT2D eigenvalue weighted by atomic mass is 10.1. The molecule has 0 bridgehead atoms. The molecule has 7 heteroatoms. The van der Waals surface area contributed by atoms with Crippen LogP contribution in [0.3, 0.4) is 0 Å². The monoisotopic (exact) mass is 320 g/mol. The molecule has 0 aromatic heterocycles. The Morgan fingerprint density at radius 1 is 1.13 bits per heavy atom. The number of carbonyl (C=O) groups is 3. The second-order valence-electron chi connectivity index (χ2n) is 6.22. The van der Waals surface area contributed by atoms with Crippen LogP contribution in [0.25, 0.3) is 0 Å². The number of carbonyl (C=O) groups excluding carboxylic acids is 3. The van der Waals surface area contributed by atoms with Crippen molar-refractivity contribution < 1.29 is 14.4 Å². The molecule has 0 saturated heterocycles. The number of urea groups is 1. The maximum atomic E-state index is 12.0. The lowest BCUT2D eigenvalue weighted by Gasteiger charge is -2.21. The summed E-state index contributed by atoms with van der Waals surface area (Å²) in [4.78, 5) is 35.3. The van der Waals surface area contributed by atoms with Gasteiger partial charge in [-0.05, 0) is 45.9 Å². The van der Waals surface area contributed by atoms with E-state index in [-0.39, 0.29) is 5.91 Å². The molecular weight excluding hydrogens is 296 g/mol. The zero-order valence-corrected chi connectivity index (χ0v) is 14.1. The van der Waals surface area contributed by atoms with E-state index in [4.69, 9.17) is 0 Å². The molecule has 126 valence electrons. The second kappa shape index (κ2) is 7.62. The Hall–Kier alpha value is -2.57. The highest BCUT2D eigenvalue weighted by Gasteiger charge is 2.19. The van der Waals surface area contributed by atoms with Crippen LogP contribution in [0.2, 0.25) is 0 Å². The second-order valence-corrected chi connectivity index (χ2v) is 6.22. The first kappa shape index (κ1) is 18.5. The lowest BCUT2D eigenvalue weighted by Crippen LogP contribution is -2.51. The largest absolute Gasteiger partial charge is 0.374 e. The van der Waals surface area contributed by atoms with E-state index in [2.05, 4.69) is 21.3 Å². The highest BCUT2D eigenvalue weighted by molar-refractivity contribution is 5.98. The van der Waals surface area contributed by atoms with Gasteiger partial charge >= 0.3 is 6.03 Å². The number of rotatable bonds is 4. The number of hydrogen-bond acceptors (Lipinski definition) is 4. The average molecular weight is 320 g/mol. The SMILES string of the molecule is CNC(=O)c1cccc(NC(C)C(=O)NC(=O)NC(C)(C)C)c1. The molecule has 4 N–H and O–H groups in total. The minimum atomic E-state index is -0.638. The summed E-state index contributed by atoms with van der Waals surface area (Å²) in [5, 5.41) is 10.4. The molecule has 1 aromatic carbocycles. The van der Waals surface area contributed by atoms with Crippen LogP contribution in [-0.4, -0.2) is 36.5 Å². The summed E-state index contributed by atoms with van der Waals surface area (Å²) in [6, 6.07) is 5.58. The van der Waals surface area contributed by atoms with E-state index in [1.165, 1.54) is 0 Å². The minimum absolute atomic E-state index is 0.213. The fourth-order valence-electron chi connectivity index (χ4n) is 1.80. The first-order valence-electron chi connectivity index (χ1n) is 7.34. The van der Waals surface area contributed by atoms with Crippen LogP contribution in [-0.2, 0) is 4.79 Å². The highest BCUT2D eigenvalue weighted by Crippen LogP contribution is 2.12. The summed E-state index contributed by atoms with van der Waals surface area (Å²) in [6.07, 6.45) is 0. The van der Waals surface area contributed by atoms with Crippen molar-refractivity contribution in [1.29, 1.82) is 0 Å². The van der Waals surface area contributed by atoms with Gasteiger partial charge in [0.25, 0.3) is 5.91 Å². The van der Waals surface area contributed by atoms with Crippen LogP contribution in [0.5, 0.6) is 0 Å². The van der Waals surface area contributed by atoms with Gasteiger partial charge < -0.3 is 16.0 Å². The average Bonchev–Trinajstić information content (AvgIpc) is 2.44. The Morgan fingerprint density at radius 2 is 1.78 bits per heavy atom. The van der Waals surface area contributed by atoms with Crippen LogP contribution in [0.1, 0.15) is 38.1 Å². The van der Waals surface area contributed by atoms with Crippen molar-refractivity contribution in [2.75, 3.05) is 12.4 Å². The standard InChI is InChI=1S/C16H24N4O3/c1-10(13(21)19-15(23)20-16(2,3)4)18-12-8-6-7-11(9-12)14(22)17-5/h6-10,18H,1-5H3,(H,17,22)(H2,19,20,21,23). The van der Waals surface area contributed by atoms with Crippen molar-refractivity contribution in [3.8, 4) is 0 Å². The van der Waals surface area contributed by atoms with Gasteiger partial charge in [-0.3, -0.25) is 14.9 Å². The van der Waals surface area contributed by atoms with Crippen LogP contribution < -0.4 is 21.3 Å². The molecule has 1 unspecified atom stereocenters. The summed E-state index contributed by atoms with van der Waals surface area (Å²) in [7, 11) is 1.55. The van der Waals surface area contributed by atoms with Crippen molar-refractivity contribution in [3.63, 3.8) is 0 Å². The number of hydrogen-bond donors (Lipinski definition) is 4. The predicted octanol–water partition coefficient (Wildman–Crippen LogP) is 1.47. The molecule has 0 aliphatic carbocycles. The van der Waals surface area contributed by atoms with Crippen LogP contribution >= 0.6 is 0 Å². The number of amides is 4. The molecule has 23 heavy (non-hydrogen) atoms. The van der Waals surface area contributed by atoms with Crippen molar-refractivity contribution >= 4 is 23.5 Å². The predicted molar refractivity (Wildman–Crippen MR) is 89.3 cm³/mol. The van der Waals surface area contributed by atoms with Crippen molar-refractivity contribution in [2.24, 2.45) is 0 Å². The molecular formula is C16H24N4O3. The van der Waals surface area contributed by atoms with Gasteiger partial charge in [0.2, 0.25) is 5.91 Å². The van der Waals surface area contributed by atoms with E-state index < -0.39 is 23.5 Å². The number of anilines is 1. The first-order chi connectivity index (χ1) is 10.6. The summed E-state index contributed by atoms with van der Waals surface area (Å²) < 4.78 is 0. The van der Waals surface area contributed by atoms with Gasteiger partial charge in [-0.1, -0.05) is 6.07 Å². The molecule has 1 aromatic rings. The highest BCUT2D eigenvalue weighted by atomic mass is 16.2. The third-order valence-electron chi connectivity index (χ3n) is 2.85. The zero-order valence-electron chi connectivity index (χ0n) is 14.1. The maximum Gasteiger partial charge on any atom is 0.321 e. The molecule has 0 spiro atoms. The number of benzene rings is 1. The van der Waals surface area contributed by atoms with Gasteiger partial charge in [-0.25, -0.2) is 4.79 Å². The molecule has 4 amide bonds. The van der Waals surface area contributed by atoms with Crippen molar-refractivity contribution in [2.45, 2.75) is 39.3 Å². The van der Waals surface area contributed by atoms with Gasteiger partial charge in [0, 0.05) is 23.8 Å². The minimum Gasteiger partial charge on any atom is -0.374 e. The molecule has 0 saturated carbocycles. The van der Waals surface area contributed by atoms with Crippen LogP contribution in [0.4, 0.5) is 10.5 Å². The third-order valence-corrected chi connectivity index (χ3v) is 2.85. The summed E-state index contributed by atoms with van der Waals surface area (Å²) in [5.41, 5.74) is 0.670. The van der Waals surface area contributed by atoms with Crippen LogP contribution in [0.15, 0.2) is 24.3 Å². The fraction of sp³-hybridized carbons (Fsp3) is 0.438. The topological polar surface area (TPSA) is 99.3 Å². The van der Waals surface area contributed by atoms with E-state index in [0.29, 0.717) is 11.3 Å². The molecule has 0 radical (unpaired) electrons. The normalized spacial score (nSPS) is 12.0. The zero-order chi connectivity index (χ0) is 17.6. The van der Waals surface area contributed by atoms with Crippen molar-refractivity contribution in [1.82, 2.24) is 16.0 Å². The van der Waals surface area contributed by atoms with E-state index in [0.717, 1.165) is 0 Å². The van der Waals surface area contributed by atoms with Gasteiger partial charge in [0.05, 0.1) is 0 Å². The smallest absolute Gasteiger partial charge is 0.321 e. The quantitative estimate of drug-likeness (QED) is 0.675. The Balaban J connectivity index is 2.65. The van der Waals surface area contributed by atoms with E-state index in [1.54, 1.807) is 38.2 Å². The Labute approximate surface area is 136 Å². The molecule has 0 aliphatic heterocycles. The number of nitrogens with one attached hydrogen (secondary N) is 4. The van der Waals surface area contributed by atoms with Gasteiger partial charge in [-0.2, -0.15) is 0 Å². The Bertz CT molecular complexity index is 593. The molecule has 0 aliphatic rings. The maximum absolute atomic E-state index is 12.0. The van der Waals surface area contributed by atoms with Crippen LogP contribution in [0, 0.1) is 0 Å². The van der Waals surface area contributed by atoms with Gasteiger partial charge in [-0.15, -0.1) is 0 Å². The lowest BCUT2D eigenvalue weighted by molar-refractivity contribution is -0.120. The molecule has 1 rings (SSSR count). The van der Waals surface area contributed by atoms with E-state index in [1.807, 2.05) is 20.8 Å². The Kier molecular flexibility index (Phi) is 6.12. The molecule has 0 fully saturated rings. The molecule has 0 heterocycles. The van der Waals surface area contributed by atoms with Gasteiger partial charge in [0.15, 0.2) is 0 Å². The number of imide groups is 1. The molecule has 1 atom stereocenters. The van der Waals surface area contributed by atoms with E-state index in [9.17, 15) is 14.4 Å².